The molecule has 1 aliphatic rings. The molecule has 8 heteroatoms. The third-order valence-corrected chi connectivity index (χ3v) is 8.20. The number of carbonyl (C=O) groups excluding carboxylic acids is 1. The van der Waals surface area contributed by atoms with Gasteiger partial charge in [0.2, 0.25) is 5.91 Å². The van der Waals surface area contributed by atoms with Gasteiger partial charge in [-0.2, -0.15) is 0 Å². The maximum atomic E-state index is 13.4. The van der Waals surface area contributed by atoms with E-state index in [1.165, 1.54) is 24.9 Å². The molecule has 1 N–H and O–H groups in total. The first-order valence-electron chi connectivity index (χ1n) is 11.8. The van der Waals surface area contributed by atoms with Crippen LogP contribution < -0.4 is 14.5 Å². The summed E-state index contributed by atoms with van der Waals surface area (Å²) in [5, 5.41) is 3.34. The molecule has 0 saturated carbocycles. The normalized spacial score (nSPS) is 13.9. The van der Waals surface area contributed by atoms with E-state index in [1.807, 2.05) is 19.1 Å². The first-order valence-corrected chi connectivity index (χ1v) is 13.6. The van der Waals surface area contributed by atoms with E-state index in [9.17, 15) is 13.2 Å². The molecule has 1 saturated heterocycles. The average Bonchev–Trinajstić information content (AvgIpc) is 2.88. The Bertz CT molecular complexity index is 1240. The monoisotopic (exact) mass is 511 g/mol. The van der Waals surface area contributed by atoms with Crippen LogP contribution in [0.1, 0.15) is 30.4 Å². The van der Waals surface area contributed by atoms with Crippen molar-refractivity contribution >= 4 is 38.9 Å². The Hall–Kier alpha value is -3.03. The first kappa shape index (κ1) is 25.1. The van der Waals surface area contributed by atoms with E-state index in [2.05, 4.69) is 22.3 Å². The second kappa shape index (κ2) is 11.1. The zero-order chi connectivity index (χ0) is 24.8. The molecule has 3 aromatic rings. The Labute approximate surface area is 212 Å². The van der Waals surface area contributed by atoms with Gasteiger partial charge < -0.3 is 10.2 Å². The molecule has 35 heavy (non-hydrogen) atoms. The molecule has 6 nitrogen and oxygen atoms in total. The summed E-state index contributed by atoms with van der Waals surface area (Å²) in [5.41, 5.74) is 3.47. The predicted molar refractivity (Wildman–Crippen MR) is 142 cm³/mol. The number of hydrogen-bond donors (Lipinski definition) is 1. The van der Waals surface area contributed by atoms with Crippen molar-refractivity contribution in [2.75, 3.05) is 28.8 Å². The molecule has 3 aromatic carbocycles. The van der Waals surface area contributed by atoms with Crippen molar-refractivity contribution in [1.82, 2.24) is 5.32 Å². The Morgan fingerprint density at radius 1 is 0.914 bits per heavy atom. The highest BCUT2D eigenvalue weighted by Crippen LogP contribution is 2.25. The molecule has 1 fully saturated rings. The molecule has 1 aliphatic heterocycles. The van der Waals surface area contributed by atoms with Crippen LogP contribution >= 0.6 is 11.6 Å². The van der Waals surface area contributed by atoms with Gasteiger partial charge in [-0.05, 0) is 80.3 Å². The molecule has 0 unspecified atom stereocenters. The summed E-state index contributed by atoms with van der Waals surface area (Å²) < 4.78 is 28.0. The largest absolute Gasteiger partial charge is 0.372 e. The number of nitrogens with zero attached hydrogens (tertiary/aromatic N) is 2. The van der Waals surface area contributed by atoms with E-state index in [0.29, 0.717) is 17.3 Å². The minimum atomic E-state index is -3.96. The summed E-state index contributed by atoms with van der Waals surface area (Å²) in [4.78, 5) is 15.4. The average molecular weight is 512 g/mol. The van der Waals surface area contributed by atoms with Crippen LogP contribution in [0.3, 0.4) is 0 Å². The lowest BCUT2D eigenvalue weighted by Gasteiger charge is -2.28. The van der Waals surface area contributed by atoms with Crippen molar-refractivity contribution in [2.45, 2.75) is 37.6 Å². The van der Waals surface area contributed by atoms with Crippen LogP contribution in [0.25, 0.3) is 0 Å². The smallest absolute Gasteiger partial charge is 0.264 e. The molecule has 0 radical (unpaired) electrons. The number of aryl methyl sites for hydroxylation is 1. The van der Waals surface area contributed by atoms with Crippen LogP contribution in [0.5, 0.6) is 0 Å². The third-order valence-electron chi connectivity index (χ3n) is 6.16. The van der Waals surface area contributed by atoms with E-state index in [-0.39, 0.29) is 11.4 Å². The number of nitrogens with one attached hydrogen (secondary N) is 1. The molecule has 184 valence electrons. The molecule has 4 rings (SSSR count). The van der Waals surface area contributed by atoms with Gasteiger partial charge in [-0.3, -0.25) is 9.10 Å². The van der Waals surface area contributed by atoms with E-state index < -0.39 is 15.9 Å². The van der Waals surface area contributed by atoms with Crippen LogP contribution in [0.15, 0.2) is 77.7 Å². The maximum absolute atomic E-state index is 13.4. The molecule has 0 bridgehead atoms. The number of amides is 1. The van der Waals surface area contributed by atoms with Crippen LogP contribution in [-0.2, 0) is 21.4 Å². The summed E-state index contributed by atoms with van der Waals surface area (Å²) in [6.45, 7) is 4.01. The predicted octanol–water partition coefficient (Wildman–Crippen LogP) is 5.15. The van der Waals surface area contributed by atoms with Crippen LogP contribution in [0, 0.1) is 6.92 Å². The minimum absolute atomic E-state index is 0.124. The fraction of sp³-hybridized carbons (Fsp3) is 0.296. The van der Waals surface area contributed by atoms with Crippen molar-refractivity contribution < 1.29 is 13.2 Å². The highest BCUT2D eigenvalue weighted by Gasteiger charge is 2.27. The number of rotatable bonds is 8. The van der Waals surface area contributed by atoms with Gasteiger partial charge in [-0.15, -0.1) is 0 Å². The molecule has 0 aromatic heterocycles. The highest BCUT2D eigenvalue weighted by atomic mass is 35.5. The standard InChI is InChI=1S/C27H30ClN3O3S/c1-21-5-15-26(16-6-21)35(33,34)31(25-13-9-23(28)10-14-25)20-27(32)29-19-22-7-11-24(12-8-22)30-17-3-2-4-18-30/h5-16H,2-4,17-20H2,1H3,(H,29,32). The topological polar surface area (TPSA) is 69.7 Å². The van der Waals surface area contributed by atoms with Crippen molar-refractivity contribution in [2.24, 2.45) is 0 Å². The lowest BCUT2D eigenvalue weighted by Crippen LogP contribution is -2.40. The van der Waals surface area contributed by atoms with Crippen molar-refractivity contribution in [3.63, 3.8) is 0 Å². The second-order valence-corrected chi connectivity index (χ2v) is 11.1. The number of benzene rings is 3. The molecule has 0 spiro atoms. The molecular formula is C27H30ClN3O3S. The van der Waals surface area contributed by atoms with Gasteiger partial charge in [0.05, 0.1) is 10.6 Å². The Balaban J connectivity index is 1.46. The highest BCUT2D eigenvalue weighted by molar-refractivity contribution is 7.92. The third kappa shape index (κ3) is 6.35. The number of anilines is 2. The zero-order valence-electron chi connectivity index (χ0n) is 19.8. The summed E-state index contributed by atoms with van der Waals surface area (Å²) in [6, 6.07) is 21.2. The molecule has 0 atom stereocenters. The van der Waals surface area contributed by atoms with E-state index >= 15 is 0 Å². The number of sulfonamides is 1. The molecule has 0 aliphatic carbocycles. The lowest BCUT2D eigenvalue weighted by atomic mass is 10.1. The van der Waals surface area contributed by atoms with Crippen LogP contribution in [0.4, 0.5) is 11.4 Å². The SMILES string of the molecule is Cc1ccc(S(=O)(=O)N(CC(=O)NCc2ccc(N3CCCCC3)cc2)c2ccc(Cl)cc2)cc1. The number of halogens is 1. The number of piperidine rings is 1. The summed E-state index contributed by atoms with van der Waals surface area (Å²) in [7, 11) is -3.96. The van der Waals surface area contributed by atoms with Gasteiger partial charge in [-0.25, -0.2) is 8.42 Å². The van der Waals surface area contributed by atoms with E-state index in [1.54, 1.807) is 48.5 Å². The molecule has 1 heterocycles. The Morgan fingerprint density at radius 3 is 2.17 bits per heavy atom. The minimum Gasteiger partial charge on any atom is -0.372 e. The van der Waals surface area contributed by atoms with E-state index in [0.717, 1.165) is 28.5 Å². The fourth-order valence-electron chi connectivity index (χ4n) is 4.12. The van der Waals surface area contributed by atoms with Crippen molar-refractivity contribution in [3.05, 3.63) is 88.9 Å². The Kier molecular flexibility index (Phi) is 7.98. The van der Waals surface area contributed by atoms with Crippen LogP contribution in [-0.4, -0.2) is 34.0 Å². The fourth-order valence-corrected chi connectivity index (χ4v) is 5.67. The summed E-state index contributed by atoms with van der Waals surface area (Å²) in [5.74, 6) is -0.393. The molecule has 1 amide bonds. The zero-order valence-corrected chi connectivity index (χ0v) is 21.4. The van der Waals surface area contributed by atoms with Crippen molar-refractivity contribution in [3.8, 4) is 0 Å². The quantitative estimate of drug-likeness (QED) is 0.454. The van der Waals surface area contributed by atoms with Gasteiger partial charge in [0, 0.05) is 30.3 Å². The number of hydrogen-bond acceptors (Lipinski definition) is 4. The van der Waals surface area contributed by atoms with E-state index in [4.69, 9.17) is 11.6 Å². The van der Waals surface area contributed by atoms with Gasteiger partial charge >= 0.3 is 0 Å². The summed E-state index contributed by atoms with van der Waals surface area (Å²) >= 11 is 6.00. The van der Waals surface area contributed by atoms with Gasteiger partial charge in [0.1, 0.15) is 6.54 Å². The van der Waals surface area contributed by atoms with Crippen LogP contribution in [0.2, 0.25) is 5.02 Å². The first-order chi connectivity index (χ1) is 16.8. The van der Waals surface area contributed by atoms with Gasteiger partial charge in [-0.1, -0.05) is 41.4 Å². The van der Waals surface area contributed by atoms with Gasteiger partial charge in [0.15, 0.2) is 0 Å². The van der Waals surface area contributed by atoms with Crippen molar-refractivity contribution in [1.29, 1.82) is 0 Å². The second-order valence-electron chi connectivity index (χ2n) is 8.79. The molecular weight excluding hydrogens is 482 g/mol. The van der Waals surface area contributed by atoms with Gasteiger partial charge in [0.25, 0.3) is 10.0 Å². The lowest BCUT2D eigenvalue weighted by molar-refractivity contribution is -0.119. The maximum Gasteiger partial charge on any atom is 0.264 e. The Morgan fingerprint density at radius 2 is 1.54 bits per heavy atom. The number of carbonyl (C=O) groups is 1. The summed E-state index contributed by atoms with van der Waals surface area (Å²) in [6.07, 6.45) is 3.72.